The molecular formula is C11H10F2O2. The van der Waals surface area contributed by atoms with Gasteiger partial charge in [0.2, 0.25) is 0 Å². The Morgan fingerprint density at radius 1 is 1.27 bits per heavy atom. The van der Waals surface area contributed by atoms with Crippen LogP contribution >= 0.6 is 0 Å². The zero-order valence-corrected chi connectivity index (χ0v) is 7.95. The molecule has 0 saturated heterocycles. The molecule has 2 rings (SSSR count). The van der Waals surface area contributed by atoms with Crippen LogP contribution in [0.5, 0.6) is 5.75 Å². The maximum atomic E-state index is 11.9. The molecule has 0 unspecified atom stereocenters. The average molecular weight is 212 g/mol. The molecule has 0 spiro atoms. The van der Waals surface area contributed by atoms with E-state index >= 15 is 0 Å². The summed E-state index contributed by atoms with van der Waals surface area (Å²) in [5.74, 6) is 0.121. The van der Waals surface area contributed by atoms with E-state index in [0.29, 0.717) is 0 Å². The Balaban J connectivity index is 2.14. The zero-order chi connectivity index (χ0) is 10.9. The first-order valence-electron chi connectivity index (χ1n) is 4.68. The summed E-state index contributed by atoms with van der Waals surface area (Å²) >= 11 is 0. The number of aldehydes is 1. The second kappa shape index (κ2) is 3.61. The van der Waals surface area contributed by atoms with Crippen LogP contribution in [0, 0.1) is 0 Å². The molecule has 0 radical (unpaired) electrons. The van der Waals surface area contributed by atoms with E-state index < -0.39 is 6.61 Å². The van der Waals surface area contributed by atoms with Crippen molar-refractivity contribution in [1.29, 1.82) is 0 Å². The minimum atomic E-state index is -2.81. The topological polar surface area (TPSA) is 26.3 Å². The largest absolute Gasteiger partial charge is 0.435 e. The molecule has 0 N–H and O–H groups in total. The Kier molecular flexibility index (Phi) is 2.42. The highest BCUT2D eigenvalue weighted by molar-refractivity contribution is 5.73. The molecule has 0 aliphatic heterocycles. The van der Waals surface area contributed by atoms with Crippen LogP contribution in [0.4, 0.5) is 8.78 Å². The first-order chi connectivity index (χ1) is 7.16. The fraction of sp³-hybridized carbons (Fsp3) is 0.364. The van der Waals surface area contributed by atoms with E-state index in [2.05, 4.69) is 4.74 Å². The third-order valence-electron chi connectivity index (χ3n) is 2.67. The SMILES string of the molecule is O=CC1(c2ccc(OC(F)F)cc2)CC1. The first-order valence-corrected chi connectivity index (χ1v) is 4.68. The summed E-state index contributed by atoms with van der Waals surface area (Å²) in [5.41, 5.74) is 0.516. The van der Waals surface area contributed by atoms with E-state index in [1.807, 2.05) is 0 Å². The van der Waals surface area contributed by atoms with Crippen LogP contribution in [0.25, 0.3) is 0 Å². The average Bonchev–Trinajstić information content (AvgIpc) is 2.99. The summed E-state index contributed by atoms with van der Waals surface area (Å²) in [6, 6.07) is 6.26. The summed E-state index contributed by atoms with van der Waals surface area (Å²) in [5, 5.41) is 0. The molecule has 1 aliphatic carbocycles. The predicted octanol–water partition coefficient (Wildman–Crippen LogP) is 2.52. The van der Waals surface area contributed by atoms with Crippen LogP contribution in [0.2, 0.25) is 0 Å². The van der Waals surface area contributed by atoms with Gasteiger partial charge in [0.1, 0.15) is 12.0 Å². The van der Waals surface area contributed by atoms with Crippen molar-refractivity contribution in [3.8, 4) is 5.75 Å². The number of carbonyl (C=O) groups is 1. The van der Waals surface area contributed by atoms with Gasteiger partial charge in [0.15, 0.2) is 0 Å². The van der Waals surface area contributed by atoms with Gasteiger partial charge >= 0.3 is 6.61 Å². The monoisotopic (exact) mass is 212 g/mol. The molecule has 80 valence electrons. The Bertz CT molecular complexity index is 355. The van der Waals surface area contributed by atoms with E-state index in [-0.39, 0.29) is 11.2 Å². The van der Waals surface area contributed by atoms with Gasteiger partial charge < -0.3 is 9.53 Å². The molecule has 0 heterocycles. The van der Waals surface area contributed by atoms with Crippen molar-refractivity contribution < 1.29 is 18.3 Å². The molecule has 1 aromatic rings. The molecule has 2 nitrogen and oxygen atoms in total. The Labute approximate surface area is 85.9 Å². The molecule has 1 aliphatic rings. The predicted molar refractivity (Wildman–Crippen MR) is 50.1 cm³/mol. The van der Waals surface area contributed by atoms with E-state index in [1.54, 1.807) is 12.1 Å². The third-order valence-corrected chi connectivity index (χ3v) is 2.67. The van der Waals surface area contributed by atoms with Gasteiger partial charge in [-0.1, -0.05) is 12.1 Å². The summed E-state index contributed by atoms with van der Waals surface area (Å²) in [4.78, 5) is 10.8. The van der Waals surface area contributed by atoms with E-state index in [9.17, 15) is 13.6 Å². The van der Waals surface area contributed by atoms with E-state index in [1.165, 1.54) is 12.1 Å². The van der Waals surface area contributed by atoms with Crippen LogP contribution in [0.3, 0.4) is 0 Å². The van der Waals surface area contributed by atoms with Crippen LogP contribution < -0.4 is 4.74 Å². The lowest BCUT2D eigenvalue weighted by Crippen LogP contribution is -2.08. The maximum absolute atomic E-state index is 11.9. The lowest BCUT2D eigenvalue weighted by molar-refractivity contribution is -0.109. The molecule has 15 heavy (non-hydrogen) atoms. The quantitative estimate of drug-likeness (QED) is 0.717. The number of ether oxygens (including phenoxy) is 1. The van der Waals surface area contributed by atoms with Crippen molar-refractivity contribution in [2.24, 2.45) is 0 Å². The lowest BCUT2D eigenvalue weighted by atomic mass is 9.98. The molecule has 0 atom stereocenters. The van der Waals surface area contributed by atoms with Crippen LogP contribution in [-0.4, -0.2) is 12.9 Å². The van der Waals surface area contributed by atoms with Gasteiger partial charge in [-0.2, -0.15) is 8.78 Å². The van der Waals surface area contributed by atoms with Crippen LogP contribution in [0.15, 0.2) is 24.3 Å². The van der Waals surface area contributed by atoms with Crippen molar-refractivity contribution in [3.05, 3.63) is 29.8 Å². The van der Waals surface area contributed by atoms with Gasteiger partial charge in [-0.15, -0.1) is 0 Å². The smallest absolute Gasteiger partial charge is 0.387 e. The number of hydrogen-bond donors (Lipinski definition) is 0. The standard InChI is InChI=1S/C11H10F2O2/c12-10(13)15-9-3-1-8(2-4-9)11(7-14)5-6-11/h1-4,7,10H,5-6H2. The first kappa shape index (κ1) is 10.1. The van der Waals surface area contributed by atoms with Crippen molar-refractivity contribution in [3.63, 3.8) is 0 Å². The van der Waals surface area contributed by atoms with Crippen LogP contribution in [0.1, 0.15) is 18.4 Å². The van der Waals surface area contributed by atoms with Gasteiger partial charge in [-0.3, -0.25) is 0 Å². The normalized spacial score (nSPS) is 17.5. The highest BCUT2D eigenvalue weighted by atomic mass is 19.3. The van der Waals surface area contributed by atoms with Crippen molar-refractivity contribution in [2.45, 2.75) is 24.9 Å². The number of halogens is 2. The lowest BCUT2D eigenvalue weighted by Gasteiger charge is -2.09. The van der Waals surface area contributed by atoms with Crippen molar-refractivity contribution in [1.82, 2.24) is 0 Å². The number of benzene rings is 1. The number of hydrogen-bond acceptors (Lipinski definition) is 2. The highest BCUT2D eigenvalue weighted by Gasteiger charge is 2.44. The molecule has 1 saturated carbocycles. The fourth-order valence-corrected chi connectivity index (χ4v) is 1.58. The van der Waals surface area contributed by atoms with Gasteiger partial charge in [0.25, 0.3) is 0 Å². The second-order valence-electron chi connectivity index (χ2n) is 3.68. The number of rotatable bonds is 4. The van der Waals surface area contributed by atoms with Gasteiger partial charge in [-0.05, 0) is 30.5 Å². The minimum Gasteiger partial charge on any atom is -0.435 e. The molecule has 0 bridgehead atoms. The van der Waals surface area contributed by atoms with Crippen LogP contribution in [-0.2, 0) is 10.2 Å². The van der Waals surface area contributed by atoms with Gasteiger partial charge in [-0.25, -0.2) is 0 Å². The zero-order valence-electron chi connectivity index (χ0n) is 7.95. The van der Waals surface area contributed by atoms with Gasteiger partial charge in [0.05, 0.1) is 5.41 Å². The van der Waals surface area contributed by atoms with E-state index in [4.69, 9.17) is 0 Å². The van der Waals surface area contributed by atoms with Gasteiger partial charge in [0, 0.05) is 0 Å². The number of carbonyl (C=O) groups excluding carboxylic acids is 1. The molecule has 0 aromatic heterocycles. The molecule has 0 amide bonds. The summed E-state index contributed by atoms with van der Waals surface area (Å²) in [6.07, 6.45) is 2.60. The Morgan fingerprint density at radius 2 is 1.87 bits per heavy atom. The van der Waals surface area contributed by atoms with Crippen molar-refractivity contribution in [2.75, 3.05) is 0 Å². The Hall–Kier alpha value is -1.45. The highest BCUT2D eigenvalue weighted by Crippen LogP contribution is 2.46. The fourth-order valence-electron chi connectivity index (χ4n) is 1.58. The molecule has 4 heteroatoms. The molecule has 1 aromatic carbocycles. The Morgan fingerprint density at radius 3 is 2.27 bits per heavy atom. The van der Waals surface area contributed by atoms with Crippen molar-refractivity contribution >= 4 is 6.29 Å². The summed E-state index contributed by atoms with van der Waals surface area (Å²) < 4.78 is 27.9. The molecule has 1 fully saturated rings. The summed E-state index contributed by atoms with van der Waals surface area (Å²) in [6.45, 7) is -2.81. The van der Waals surface area contributed by atoms with E-state index in [0.717, 1.165) is 24.7 Å². The maximum Gasteiger partial charge on any atom is 0.387 e. The number of alkyl halides is 2. The third kappa shape index (κ3) is 1.98. The second-order valence-corrected chi connectivity index (χ2v) is 3.68. The molecular weight excluding hydrogens is 202 g/mol. The summed E-state index contributed by atoms with van der Waals surface area (Å²) in [7, 11) is 0. The minimum absolute atomic E-state index is 0.121.